The molecule has 0 aromatic carbocycles. The van der Waals surface area contributed by atoms with Gasteiger partial charge in [-0.15, -0.1) is 0 Å². The van der Waals surface area contributed by atoms with E-state index < -0.39 is 0 Å². The second kappa shape index (κ2) is 6.02. The average Bonchev–Trinajstić information content (AvgIpc) is 2.13. The number of nitrogens with zero attached hydrogens (tertiary/aromatic N) is 2. The molecule has 0 fully saturated rings. The number of rotatable bonds is 5. The van der Waals surface area contributed by atoms with E-state index in [0.29, 0.717) is 6.04 Å². The van der Waals surface area contributed by atoms with Crippen molar-refractivity contribution in [2.24, 2.45) is 0 Å². The van der Waals surface area contributed by atoms with Crippen molar-refractivity contribution in [1.82, 2.24) is 9.97 Å². The predicted molar refractivity (Wildman–Crippen MR) is 63.9 cm³/mol. The van der Waals surface area contributed by atoms with Gasteiger partial charge in [0.25, 0.3) is 0 Å². The molecule has 1 aromatic heterocycles. The highest BCUT2D eigenvalue weighted by Gasteiger charge is 2.04. The molecule has 0 aliphatic heterocycles. The van der Waals surface area contributed by atoms with Gasteiger partial charge in [-0.1, -0.05) is 0 Å². The highest BCUT2D eigenvalue weighted by Crippen LogP contribution is 2.13. The lowest BCUT2D eigenvalue weighted by molar-refractivity contribution is 0.282. The molecule has 1 unspecified atom stereocenters. The summed E-state index contributed by atoms with van der Waals surface area (Å²) in [7, 11) is 0. The van der Waals surface area contributed by atoms with Crippen LogP contribution in [0.2, 0.25) is 0 Å². The Hall–Kier alpha value is -0.680. The summed E-state index contributed by atoms with van der Waals surface area (Å²) in [5.74, 6) is 1.56. The normalized spacial score (nSPS) is 12.5. The average molecular weight is 274 g/mol. The molecule has 15 heavy (non-hydrogen) atoms. The van der Waals surface area contributed by atoms with E-state index in [-0.39, 0.29) is 6.61 Å². The fourth-order valence-electron chi connectivity index (χ4n) is 1.33. The number of aliphatic hydroxyl groups excluding tert-OH is 1. The summed E-state index contributed by atoms with van der Waals surface area (Å²) in [5.41, 5.74) is 0. The Morgan fingerprint density at radius 3 is 2.87 bits per heavy atom. The number of aromatic nitrogens is 2. The highest BCUT2D eigenvalue weighted by atomic mass is 79.9. The van der Waals surface area contributed by atoms with Gasteiger partial charge in [0.05, 0.1) is 0 Å². The monoisotopic (exact) mass is 273 g/mol. The van der Waals surface area contributed by atoms with Gasteiger partial charge in [-0.3, -0.25) is 0 Å². The van der Waals surface area contributed by atoms with Crippen LogP contribution in [0.25, 0.3) is 0 Å². The van der Waals surface area contributed by atoms with Crippen molar-refractivity contribution in [3.05, 3.63) is 16.5 Å². The van der Waals surface area contributed by atoms with Gasteiger partial charge in [0, 0.05) is 18.7 Å². The Morgan fingerprint density at radius 1 is 1.53 bits per heavy atom. The summed E-state index contributed by atoms with van der Waals surface area (Å²) in [6, 6.07) is 2.15. The molecule has 0 saturated heterocycles. The van der Waals surface area contributed by atoms with Crippen LogP contribution >= 0.6 is 15.9 Å². The van der Waals surface area contributed by atoms with Crippen LogP contribution in [0.4, 0.5) is 5.82 Å². The topological polar surface area (TPSA) is 58.0 Å². The van der Waals surface area contributed by atoms with Gasteiger partial charge < -0.3 is 10.4 Å². The fourth-order valence-corrected chi connectivity index (χ4v) is 1.80. The fraction of sp³-hybridized carbons (Fsp3) is 0.600. The number of hydrogen-bond donors (Lipinski definition) is 2. The number of nitrogens with one attached hydrogen (secondary N) is 1. The third-order valence-electron chi connectivity index (χ3n) is 2.00. The molecule has 0 aliphatic carbocycles. The first-order chi connectivity index (χ1) is 7.11. The highest BCUT2D eigenvalue weighted by molar-refractivity contribution is 9.10. The van der Waals surface area contributed by atoms with Crippen LogP contribution in [0.5, 0.6) is 0 Å². The third-order valence-corrected chi connectivity index (χ3v) is 2.40. The molecule has 1 rings (SSSR count). The Morgan fingerprint density at radius 2 is 2.27 bits per heavy atom. The minimum Gasteiger partial charge on any atom is -0.396 e. The van der Waals surface area contributed by atoms with E-state index in [0.717, 1.165) is 29.1 Å². The van der Waals surface area contributed by atoms with Gasteiger partial charge in [-0.25, -0.2) is 9.97 Å². The number of halogens is 1. The first-order valence-corrected chi connectivity index (χ1v) is 5.79. The van der Waals surface area contributed by atoms with E-state index in [1.54, 1.807) is 0 Å². The Bertz CT molecular complexity index is 299. The molecule has 84 valence electrons. The summed E-state index contributed by atoms with van der Waals surface area (Å²) in [6.45, 7) is 4.16. The predicted octanol–water partition coefficient (Wildman–Crippen LogP) is 2.12. The number of aliphatic hydroxyl groups is 1. The molecule has 0 amide bonds. The summed E-state index contributed by atoms with van der Waals surface area (Å²) >= 11 is 3.32. The molecule has 5 heteroatoms. The van der Waals surface area contributed by atoms with E-state index in [4.69, 9.17) is 5.11 Å². The maximum absolute atomic E-state index is 8.71. The molecule has 1 atom stereocenters. The molecular weight excluding hydrogens is 258 g/mol. The van der Waals surface area contributed by atoms with E-state index in [1.807, 2.05) is 13.0 Å². The SMILES string of the molecule is Cc1nc(Br)cc(NC(C)CCCO)n1. The third kappa shape index (κ3) is 4.57. The lowest BCUT2D eigenvalue weighted by atomic mass is 10.2. The first-order valence-electron chi connectivity index (χ1n) is 5.00. The summed E-state index contributed by atoms with van der Waals surface area (Å²) in [4.78, 5) is 8.40. The first kappa shape index (κ1) is 12.4. The minimum absolute atomic E-state index is 0.235. The number of anilines is 1. The molecule has 0 aliphatic rings. The van der Waals surface area contributed by atoms with Crippen molar-refractivity contribution in [1.29, 1.82) is 0 Å². The second-order valence-corrected chi connectivity index (χ2v) is 4.35. The lowest BCUT2D eigenvalue weighted by Crippen LogP contribution is -2.16. The van der Waals surface area contributed by atoms with Crippen LogP contribution in [-0.2, 0) is 0 Å². The Kier molecular flexibility index (Phi) is 4.98. The van der Waals surface area contributed by atoms with Gasteiger partial charge >= 0.3 is 0 Å². The van der Waals surface area contributed by atoms with E-state index in [2.05, 4.69) is 38.1 Å². The van der Waals surface area contributed by atoms with Crippen molar-refractivity contribution in [2.45, 2.75) is 32.7 Å². The number of hydrogen-bond acceptors (Lipinski definition) is 4. The molecule has 4 nitrogen and oxygen atoms in total. The van der Waals surface area contributed by atoms with Crippen molar-refractivity contribution < 1.29 is 5.11 Å². The van der Waals surface area contributed by atoms with Gasteiger partial charge in [0.1, 0.15) is 16.2 Å². The van der Waals surface area contributed by atoms with Crippen LogP contribution in [0.15, 0.2) is 10.7 Å². The zero-order chi connectivity index (χ0) is 11.3. The van der Waals surface area contributed by atoms with Crippen LogP contribution in [0, 0.1) is 6.92 Å². The van der Waals surface area contributed by atoms with Gasteiger partial charge in [0.2, 0.25) is 0 Å². The quantitative estimate of drug-likeness (QED) is 0.807. The Balaban J connectivity index is 2.56. The summed E-state index contributed by atoms with van der Waals surface area (Å²) in [6.07, 6.45) is 1.73. The van der Waals surface area contributed by atoms with Crippen LogP contribution in [0.3, 0.4) is 0 Å². The Labute approximate surface area is 98.3 Å². The van der Waals surface area contributed by atoms with Gasteiger partial charge in [0.15, 0.2) is 0 Å². The van der Waals surface area contributed by atoms with Crippen molar-refractivity contribution >= 4 is 21.7 Å². The van der Waals surface area contributed by atoms with E-state index in [1.165, 1.54) is 0 Å². The largest absolute Gasteiger partial charge is 0.396 e. The molecule has 0 bridgehead atoms. The van der Waals surface area contributed by atoms with Crippen molar-refractivity contribution in [3.63, 3.8) is 0 Å². The summed E-state index contributed by atoms with van der Waals surface area (Å²) in [5, 5.41) is 12.0. The molecule has 1 heterocycles. The maximum atomic E-state index is 8.71. The van der Waals surface area contributed by atoms with E-state index in [9.17, 15) is 0 Å². The lowest BCUT2D eigenvalue weighted by Gasteiger charge is -2.14. The maximum Gasteiger partial charge on any atom is 0.131 e. The molecule has 0 spiro atoms. The standard InChI is InChI=1S/C10H16BrN3O/c1-7(4-3-5-15)12-10-6-9(11)13-8(2)14-10/h6-7,15H,3-5H2,1-2H3,(H,12,13,14). The van der Waals surface area contributed by atoms with Crippen molar-refractivity contribution in [3.8, 4) is 0 Å². The minimum atomic E-state index is 0.235. The van der Waals surface area contributed by atoms with Crippen LogP contribution in [-0.4, -0.2) is 27.7 Å². The second-order valence-electron chi connectivity index (χ2n) is 3.53. The van der Waals surface area contributed by atoms with Gasteiger partial charge in [-0.2, -0.15) is 0 Å². The molecule has 2 N–H and O–H groups in total. The molecule has 0 saturated carbocycles. The molecule has 0 radical (unpaired) electrons. The van der Waals surface area contributed by atoms with Crippen LogP contribution in [0.1, 0.15) is 25.6 Å². The smallest absolute Gasteiger partial charge is 0.131 e. The number of aryl methyl sites for hydroxylation is 1. The zero-order valence-corrected chi connectivity index (χ0v) is 10.6. The summed E-state index contributed by atoms with van der Waals surface area (Å²) < 4.78 is 0.784. The van der Waals surface area contributed by atoms with E-state index >= 15 is 0 Å². The molecular formula is C10H16BrN3O. The molecule has 1 aromatic rings. The zero-order valence-electron chi connectivity index (χ0n) is 9.00. The van der Waals surface area contributed by atoms with Crippen LogP contribution < -0.4 is 5.32 Å². The van der Waals surface area contributed by atoms with Gasteiger partial charge in [-0.05, 0) is 42.6 Å². The van der Waals surface area contributed by atoms with Crippen molar-refractivity contribution in [2.75, 3.05) is 11.9 Å².